The number of hydrazine groups is 2. The summed E-state index contributed by atoms with van der Waals surface area (Å²) < 4.78 is 29.4. The highest BCUT2D eigenvalue weighted by atomic mass is 35.5. The third-order valence-electron chi connectivity index (χ3n) is 1.50. The van der Waals surface area contributed by atoms with Crippen molar-refractivity contribution in [2.45, 2.75) is 0 Å². The molecule has 17 heavy (non-hydrogen) atoms. The minimum absolute atomic E-state index is 0. The Labute approximate surface area is 103 Å². The standard InChI is InChI=1S/C6H8N4O5S.ClH/c7-5-1-3-6(4-2-5)9(10(11)12)8-16(13,14)15;/h1-4,8H,7H2,(H,13,14,15);1H. The summed E-state index contributed by atoms with van der Waals surface area (Å²) in [6.45, 7) is 0. The zero-order valence-corrected chi connectivity index (χ0v) is 9.81. The molecule has 0 heterocycles. The molecule has 0 atom stereocenters. The van der Waals surface area contributed by atoms with E-state index in [0.717, 1.165) is 0 Å². The average Bonchev–Trinajstić information content (AvgIpc) is 2.14. The van der Waals surface area contributed by atoms with Crippen LogP contribution in [0.1, 0.15) is 0 Å². The lowest BCUT2D eigenvalue weighted by Crippen LogP contribution is -2.45. The van der Waals surface area contributed by atoms with Crippen LogP contribution in [-0.4, -0.2) is 18.0 Å². The van der Waals surface area contributed by atoms with Gasteiger partial charge in [0, 0.05) is 5.69 Å². The number of halogens is 1. The summed E-state index contributed by atoms with van der Waals surface area (Å²) in [5.41, 5.74) is 5.61. The van der Waals surface area contributed by atoms with Crippen molar-refractivity contribution in [1.29, 1.82) is 0 Å². The van der Waals surface area contributed by atoms with Gasteiger partial charge in [-0.25, -0.2) is 10.1 Å². The molecule has 1 rings (SSSR count). The summed E-state index contributed by atoms with van der Waals surface area (Å²) in [5, 5.41) is 9.53. The Hall–Kier alpha value is -1.62. The number of rotatable bonds is 4. The number of nitro groups is 1. The quantitative estimate of drug-likeness (QED) is 0.306. The van der Waals surface area contributed by atoms with E-state index in [1.807, 2.05) is 0 Å². The lowest BCUT2D eigenvalue weighted by molar-refractivity contribution is -0.500. The number of benzene rings is 1. The SMILES string of the molecule is Cl.Nc1ccc(N(NS(=O)(=O)O)[N+](=O)[O-])cc1. The molecule has 11 heteroatoms. The number of anilines is 2. The number of hydrogen-bond acceptors (Lipinski definition) is 5. The van der Waals surface area contributed by atoms with Crippen molar-refractivity contribution in [2.75, 3.05) is 10.9 Å². The average molecular weight is 285 g/mol. The predicted octanol–water partition coefficient (Wildman–Crippen LogP) is -0.00390. The highest BCUT2D eigenvalue weighted by Gasteiger charge is 2.22. The Bertz CT molecular complexity index is 490. The molecular formula is C6H9ClN4O5S. The monoisotopic (exact) mass is 284 g/mol. The Kier molecular flexibility index (Phi) is 5.10. The Morgan fingerprint density at radius 2 is 1.82 bits per heavy atom. The summed E-state index contributed by atoms with van der Waals surface area (Å²) in [7, 11) is -4.72. The van der Waals surface area contributed by atoms with Gasteiger partial charge in [-0.05, 0) is 34.2 Å². The fraction of sp³-hybridized carbons (Fsp3) is 0. The summed E-state index contributed by atoms with van der Waals surface area (Å²) in [4.78, 5) is 11.8. The minimum Gasteiger partial charge on any atom is -0.399 e. The van der Waals surface area contributed by atoms with Gasteiger partial charge in [-0.15, -0.1) is 12.4 Å². The Balaban J connectivity index is 0.00000256. The summed E-state index contributed by atoms with van der Waals surface area (Å²) in [5.74, 6) is 0. The van der Waals surface area contributed by atoms with Crippen LogP contribution in [-0.2, 0) is 10.3 Å². The van der Waals surface area contributed by atoms with Crippen LogP contribution in [0, 0.1) is 10.1 Å². The van der Waals surface area contributed by atoms with Crippen molar-refractivity contribution in [1.82, 2.24) is 4.83 Å². The first kappa shape index (κ1) is 15.4. The van der Waals surface area contributed by atoms with E-state index in [-0.39, 0.29) is 23.2 Å². The number of nitrogens with one attached hydrogen (secondary N) is 1. The molecule has 0 amide bonds. The van der Waals surface area contributed by atoms with Crippen LogP contribution >= 0.6 is 12.4 Å². The smallest absolute Gasteiger partial charge is 0.355 e. The second kappa shape index (κ2) is 5.63. The molecule has 0 aliphatic heterocycles. The van der Waals surface area contributed by atoms with Gasteiger partial charge in [-0.1, -0.05) is 0 Å². The molecule has 0 unspecified atom stereocenters. The molecule has 9 nitrogen and oxygen atoms in total. The van der Waals surface area contributed by atoms with E-state index in [9.17, 15) is 18.5 Å². The third kappa shape index (κ3) is 4.82. The molecular weight excluding hydrogens is 276 g/mol. The number of nitrogens with two attached hydrogens (primary N) is 1. The van der Waals surface area contributed by atoms with Crippen molar-refractivity contribution >= 4 is 34.1 Å². The van der Waals surface area contributed by atoms with E-state index in [0.29, 0.717) is 5.69 Å². The van der Waals surface area contributed by atoms with Crippen molar-refractivity contribution < 1.29 is 18.0 Å². The molecule has 1 aromatic carbocycles. The van der Waals surface area contributed by atoms with E-state index < -0.39 is 15.3 Å². The molecule has 4 N–H and O–H groups in total. The first-order valence-electron chi connectivity index (χ1n) is 3.84. The topological polar surface area (TPSA) is 139 Å². The normalized spacial score (nSPS) is 10.4. The maximum atomic E-state index is 10.5. The van der Waals surface area contributed by atoms with Gasteiger partial charge < -0.3 is 5.73 Å². The molecule has 0 saturated carbocycles. The number of hydrogen-bond donors (Lipinski definition) is 3. The summed E-state index contributed by atoms with van der Waals surface area (Å²) in [6.07, 6.45) is 0. The van der Waals surface area contributed by atoms with Crippen molar-refractivity contribution in [3.05, 3.63) is 34.4 Å². The van der Waals surface area contributed by atoms with Gasteiger partial charge in [-0.2, -0.15) is 8.42 Å². The van der Waals surface area contributed by atoms with Crippen molar-refractivity contribution in [3.63, 3.8) is 0 Å². The maximum absolute atomic E-state index is 10.5. The molecule has 0 bridgehead atoms. The zero-order chi connectivity index (χ0) is 12.3. The van der Waals surface area contributed by atoms with E-state index in [4.69, 9.17) is 10.3 Å². The minimum atomic E-state index is -4.72. The summed E-state index contributed by atoms with van der Waals surface area (Å²) in [6, 6.07) is 5.13. The van der Waals surface area contributed by atoms with E-state index in [1.54, 1.807) is 0 Å². The second-order valence-electron chi connectivity index (χ2n) is 2.71. The van der Waals surface area contributed by atoms with Gasteiger partial charge in [0.15, 0.2) is 5.03 Å². The van der Waals surface area contributed by atoms with Gasteiger partial charge >= 0.3 is 10.3 Å². The second-order valence-corrected chi connectivity index (χ2v) is 3.84. The van der Waals surface area contributed by atoms with Crippen LogP contribution in [0.25, 0.3) is 0 Å². The van der Waals surface area contributed by atoms with Gasteiger partial charge in [0.2, 0.25) is 0 Å². The van der Waals surface area contributed by atoms with E-state index in [2.05, 4.69) is 0 Å². The predicted molar refractivity (Wildman–Crippen MR) is 62.3 cm³/mol. The Morgan fingerprint density at radius 1 is 1.35 bits per heavy atom. The zero-order valence-electron chi connectivity index (χ0n) is 8.18. The summed E-state index contributed by atoms with van der Waals surface area (Å²) >= 11 is 0. The van der Waals surface area contributed by atoms with Crippen molar-refractivity contribution in [2.24, 2.45) is 0 Å². The first-order chi connectivity index (χ1) is 7.29. The molecule has 0 fully saturated rings. The molecule has 0 spiro atoms. The highest BCUT2D eigenvalue weighted by molar-refractivity contribution is 7.83. The third-order valence-corrected chi connectivity index (χ3v) is 1.91. The fourth-order valence-electron chi connectivity index (χ4n) is 0.905. The van der Waals surface area contributed by atoms with Gasteiger partial charge in [0.1, 0.15) is 5.69 Å². The lowest BCUT2D eigenvalue weighted by Gasteiger charge is -2.12. The molecule has 0 aliphatic carbocycles. The first-order valence-corrected chi connectivity index (χ1v) is 5.28. The van der Waals surface area contributed by atoms with Crippen LogP contribution in [0.15, 0.2) is 24.3 Å². The van der Waals surface area contributed by atoms with Gasteiger partial charge in [0.05, 0.1) is 0 Å². The van der Waals surface area contributed by atoms with Crippen LogP contribution in [0.4, 0.5) is 11.4 Å². The van der Waals surface area contributed by atoms with Gasteiger partial charge in [0.25, 0.3) is 0 Å². The fourth-order valence-corrected chi connectivity index (χ4v) is 1.30. The van der Waals surface area contributed by atoms with E-state index in [1.165, 1.54) is 29.1 Å². The molecule has 1 aromatic rings. The highest BCUT2D eigenvalue weighted by Crippen LogP contribution is 2.14. The van der Waals surface area contributed by atoms with Crippen LogP contribution in [0.5, 0.6) is 0 Å². The van der Waals surface area contributed by atoms with Crippen LogP contribution in [0.3, 0.4) is 0 Å². The van der Waals surface area contributed by atoms with Crippen LogP contribution < -0.4 is 15.7 Å². The molecule has 0 aliphatic rings. The van der Waals surface area contributed by atoms with Crippen molar-refractivity contribution in [3.8, 4) is 0 Å². The maximum Gasteiger partial charge on any atom is 0.355 e. The van der Waals surface area contributed by atoms with E-state index >= 15 is 0 Å². The molecule has 96 valence electrons. The lowest BCUT2D eigenvalue weighted by atomic mass is 10.3. The molecule has 0 saturated heterocycles. The van der Waals surface area contributed by atoms with Crippen LogP contribution in [0.2, 0.25) is 0 Å². The number of nitrogen functional groups attached to an aromatic ring is 1. The largest absolute Gasteiger partial charge is 0.399 e. The molecule has 0 radical (unpaired) electrons. The molecule has 0 aromatic heterocycles. The Morgan fingerprint density at radius 3 is 2.18 bits per heavy atom. The van der Waals surface area contributed by atoms with Gasteiger partial charge in [-0.3, -0.25) is 4.55 Å². The number of nitrogens with zero attached hydrogens (tertiary/aromatic N) is 2.